The van der Waals surface area contributed by atoms with E-state index in [2.05, 4.69) is 25.8 Å². The quantitative estimate of drug-likeness (QED) is 0.179. The fourth-order valence-electron chi connectivity index (χ4n) is 3.80. The summed E-state index contributed by atoms with van der Waals surface area (Å²) in [5.41, 5.74) is 2.33. The highest BCUT2D eigenvalue weighted by Crippen LogP contribution is 2.21. The van der Waals surface area contributed by atoms with Crippen molar-refractivity contribution in [1.82, 2.24) is 4.98 Å². The summed E-state index contributed by atoms with van der Waals surface area (Å²) in [5.74, 6) is 1.17. The standard InChI is InChI=1S/C29H43NO3/c1-4-6-8-9-10-12-21-32-27-17-14-25(15-18-27)28-19-16-26(23-30-28)29(31)33-22-20-24(3)13-11-7-5-2/h14-19,23-24H,4-13,20-22H2,1-3H3. The molecule has 0 bridgehead atoms. The zero-order chi connectivity index (χ0) is 23.7. The maximum atomic E-state index is 12.3. The number of ether oxygens (including phenoxy) is 2. The molecule has 182 valence electrons. The lowest BCUT2D eigenvalue weighted by atomic mass is 10.0. The minimum Gasteiger partial charge on any atom is -0.494 e. The molecule has 1 atom stereocenters. The van der Waals surface area contributed by atoms with Crippen molar-refractivity contribution in [2.24, 2.45) is 5.92 Å². The second-order valence-electron chi connectivity index (χ2n) is 9.10. The number of pyridine rings is 1. The van der Waals surface area contributed by atoms with Gasteiger partial charge in [-0.05, 0) is 55.2 Å². The van der Waals surface area contributed by atoms with Crippen LogP contribution in [0, 0.1) is 5.92 Å². The lowest BCUT2D eigenvalue weighted by Crippen LogP contribution is -2.09. The van der Waals surface area contributed by atoms with Crippen molar-refractivity contribution in [2.45, 2.75) is 91.4 Å². The number of carbonyl (C=O) groups excluding carboxylic acids is 1. The minimum atomic E-state index is -0.298. The molecule has 0 aliphatic carbocycles. The van der Waals surface area contributed by atoms with Gasteiger partial charge in [-0.25, -0.2) is 4.79 Å². The molecule has 0 N–H and O–H groups in total. The molecule has 1 aromatic heterocycles. The van der Waals surface area contributed by atoms with Gasteiger partial charge in [-0.15, -0.1) is 0 Å². The van der Waals surface area contributed by atoms with Gasteiger partial charge in [0.15, 0.2) is 0 Å². The SMILES string of the molecule is CCCCCCCCOc1ccc(-c2ccc(C(=O)OCCC(C)CCCCC)cn2)cc1. The van der Waals surface area contributed by atoms with Gasteiger partial charge < -0.3 is 9.47 Å². The van der Waals surface area contributed by atoms with E-state index < -0.39 is 0 Å². The van der Waals surface area contributed by atoms with Gasteiger partial charge in [-0.3, -0.25) is 4.98 Å². The molecule has 0 radical (unpaired) electrons. The van der Waals surface area contributed by atoms with Gasteiger partial charge in [0.2, 0.25) is 0 Å². The molecule has 0 aliphatic rings. The van der Waals surface area contributed by atoms with Gasteiger partial charge in [0, 0.05) is 11.8 Å². The topological polar surface area (TPSA) is 48.4 Å². The van der Waals surface area contributed by atoms with E-state index in [1.807, 2.05) is 30.3 Å². The molecule has 1 unspecified atom stereocenters. The third-order valence-electron chi connectivity index (χ3n) is 6.06. The Hall–Kier alpha value is -2.36. The van der Waals surface area contributed by atoms with Crippen molar-refractivity contribution in [2.75, 3.05) is 13.2 Å². The van der Waals surface area contributed by atoms with Crippen molar-refractivity contribution in [1.29, 1.82) is 0 Å². The molecule has 2 aromatic rings. The van der Waals surface area contributed by atoms with Crippen LogP contribution in [0.1, 0.15) is 102 Å². The first kappa shape index (κ1) is 26.9. The first-order valence-electron chi connectivity index (χ1n) is 13.0. The molecule has 0 saturated carbocycles. The van der Waals surface area contributed by atoms with Crippen LogP contribution in [0.3, 0.4) is 0 Å². The van der Waals surface area contributed by atoms with E-state index in [0.29, 0.717) is 18.1 Å². The van der Waals surface area contributed by atoms with Crippen molar-refractivity contribution in [3.63, 3.8) is 0 Å². The largest absolute Gasteiger partial charge is 0.494 e. The Morgan fingerprint density at radius 1 is 0.818 bits per heavy atom. The fraction of sp³-hybridized carbons (Fsp3) is 0.586. The lowest BCUT2D eigenvalue weighted by molar-refractivity contribution is 0.0483. The summed E-state index contributed by atoms with van der Waals surface area (Å²) in [7, 11) is 0. The average Bonchev–Trinajstić information content (AvgIpc) is 2.84. The van der Waals surface area contributed by atoms with E-state index in [4.69, 9.17) is 9.47 Å². The van der Waals surface area contributed by atoms with Crippen LogP contribution in [0.4, 0.5) is 0 Å². The number of benzene rings is 1. The molecule has 33 heavy (non-hydrogen) atoms. The Morgan fingerprint density at radius 3 is 2.21 bits per heavy atom. The molecule has 1 aromatic carbocycles. The van der Waals surface area contributed by atoms with Gasteiger partial charge in [-0.1, -0.05) is 78.6 Å². The number of esters is 1. The molecular weight excluding hydrogens is 410 g/mol. The molecule has 2 rings (SSSR count). The molecule has 1 heterocycles. The van der Waals surface area contributed by atoms with Crippen molar-refractivity contribution < 1.29 is 14.3 Å². The second kappa shape index (κ2) is 16.3. The van der Waals surface area contributed by atoms with Crippen LogP contribution in [0.2, 0.25) is 0 Å². The normalized spacial score (nSPS) is 11.8. The molecule has 0 spiro atoms. The van der Waals surface area contributed by atoms with E-state index >= 15 is 0 Å². The maximum Gasteiger partial charge on any atom is 0.339 e. The van der Waals surface area contributed by atoms with Crippen LogP contribution in [-0.4, -0.2) is 24.2 Å². The number of aromatic nitrogens is 1. The lowest BCUT2D eigenvalue weighted by Gasteiger charge is -2.11. The zero-order valence-electron chi connectivity index (χ0n) is 21.0. The van der Waals surface area contributed by atoms with Crippen LogP contribution < -0.4 is 4.74 Å². The monoisotopic (exact) mass is 453 g/mol. The Balaban J connectivity index is 1.72. The molecule has 4 heteroatoms. The predicted molar refractivity (Wildman–Crippen MR) is 137 cm³/mol. The van der Waals surface area contributed by atoms with E-state index in [9.17, 15) is 4.79 Å². The van der Waals surface area contributed by atoms with Crippen LogP contribution in [0.15, 0.2) is 42.6 Å². The van der Waals surface area contributed by atoms with Crippen molar-refractivity contribution in [3.8, 4) is 17.0 Å². The maximum absolute atomic E-state index is 12.3. The van der Waals surface area contributed by atoms with Gasteiger partial charge >= 0.3 is 5.97 Å². The molecule has 4 nitrogen and oxygen atoms in total. The number of rotatable bonds is 17. The fourth-order valence-corrected chi connectivity index (χ4v) is 3.80. The van der Waals surface area contributed by atoms with Gasteiger partial charge in [0.05, 0.1) is 24.5 Å². The minimum absolute atomic E-state index is 0.298. The zero-order valence-corrected chi connectivity index (χ0v) is 21.0. The predicted octanol–water partition coefficient (Wildman–Crippen LogP) is 8.25. The highest BCUT2D eigenvalue weighted by molar-refractivity contribution is 5.89. The highest BCUT2D eigenvalue weighted by atomic mass is 16.5. The summed E-state index contributed by atoms with van der Waals surface area (Å²) < 4.78 is 11.3. The van der Waals surface area contributed by atoms with Crippen LogP contribution in [-0.2, 0) is 4.74 Å². The average molecular weight is 454 g/mol. The molecular formula is C29H43NO3. The molecule has 0 aliphatic heterocycles. The Bertz CT molecular complexity index is 770. The number of hydrogen-bond donors (Lipinski definition) is 0. The highest BCUT2D eigenvalue weighted by Gasteiger charge is 2.10. The van der Waals surface area contributed by atoms with Gasteiger partial charge in [0.1, 0.15) is 5.75 Å². The van der Waals surface area contributed by atoms with E-state index in [-0.39, 0.29) is 5.97 Å². The van der Waals surface area contributed by atoms with E-state index in [1.165, 1.54) is 57.8 Å². The summed E-state index contributed by atoms with van der Waals surface area (Å²) in [6, 6.07) is 11.7. The van der Waals surface area contributed by atoms with Gasteiger partial charge in [-0.2, -0.15) is 0 Å². The first-order chi connectivity index (χ1) is 16.1. The summed E-state index contributed by atoms with van der Waals surface area (Å²) in [5, 5.41) is 0. The van der Waals surface area contributed by atoms with Crippen LogP contribution in [0.5, 0.6) is 5.75 Å². The summed E-state index contributed by atoms with van der Waals surface area (Å²) >= 11 is 0. The molecule has 0 fully saturated rings. The molecule has 0 amide bonds. The Labute approximate surface area is 201 Å². The first-order valence-corrected chi connectivity index (χ1v) is 13.0. The second-order valence-corrected chi connectivity index (χ2v) is 9.10. The third kappa shape index (κ3) is 10.9. The van der Waals surface area contributed by atoms with Crippen molar-refractivity contribution >= 4 is 5.97 Å². The number of carbonyl (C=O) groups is 1. The number of hydrogen-bond acceptors (Lipinski definition) is 4. The summed E-state index contributed by atoms with van der Waals surface area (Å²) in [6.07, 6.45) is 15.0. The summed E-state index contributed by atoms with van der Waals surface area (Å²) in [4.78, 5) is 16.8. The number of nitrogens with zero attached hydrogens (tertiary/aromatic N) is 1. The number of unbranched alkanes of at least 4 members (excludes halogenated alkanes) is 7. The van der Waals surface area contributed by atoms with E-state index in [0.717, 1.165) is 36.5 Å². The Morgan fingerprint density at radius 2 is 1.52 bits per heavy atom. The van der Waals surface area contributed by atoms with Crippen LogP contribution >= 0.6 is 0 Å². The Kier molecular flexibility index (Phi) is 13.3. The van der Waals surface area contributed by atoms with E-state index in [1.54, 1.807) is 12.3 Å². The smallest absolute Gasteiger partial charge is 0.339 e. The van der Waals surface area contributed by atoms with Gasteiger partial charge in [0.25, 0.3) is 0 Å². The van der Waals surface area contributed by atoms with Crippen molar-refractivity contribution in [3.05, 3.63) is 48.2 Å². The third-order valence-corrected chi connectivity index (χ3v) is 6.06. The summed E-state index contributed by atoms with van der Waals surface area (Å²) in [6.45, 7) is 7.91. The molecule has 0 saturated heterocycles. The van der Waals surface area contributed by atoms with Crippen LogP contribution in [0.25, 0.3) is 11.3 Å².